The Morgan fingerprint density at radius 1 is 1.05 bits per heavy atom. The summed E-state index contributed by atoms with van der Waals surface area (Å²) in [5, 5.41) is 0. The molecule has 0 N–H and O–H groups in total. The van der Waals surface area contributed by atoms with E-state index in [0.29, 0.717) is 0 Å². The lowest BCUT2D eigenvalue weighted by molar-refractivity contribution is -0.140. The predicted octanol–water partition coefficient (Wildman–Crippen LogP) is 5.16. The van der Waals surface area contributed by atoms with Crippen molar-refractivity contribution in [2.75, 3.05) is 0 Å². The Bertz CT molecular complexity index is 390. The minimum absolute atomic E-state index is 0. The second-order valence-electron chi connectivity index (χ2n) is 6.68. The lowest BCUT2D eigenvalue weighted by Crippen LogP contribution is -2.29. The molecule has 2 nitrogen and oxygen atoms in total. The van der Waals surface area contributed by atoms with Gasteiger partial charge in [-0.2, -0.15) is 0 Å². The standard InChI is InChI=1S/C17H28O2.H2/c1-8-17(6,7)14-9-11-15(12-10-14)18-13(2)19-16(3,4)5;/h9-13H,8H2,1-7H3;1H. The molecule has 0 bridgehead atoms. The van der Waals surface area contributed by atoms with Crippen molar-refractivity contribution in [1.82, 2.24) is 0 Å². The van der Waals surface area contributed by atoms with Crippen LogP contribution in [-0.2, 0) is 10.2 Å². The van der Waals surface area contributed by atoms with Crippen LogP contribution in [0.15, 0.2) is 24.3 Å². The second-order valence-corrected chi connectivity index (χ2v) is 6.68. The molecule has 0 aromatic heterocycles. The van der Waals surface area contributed by atoms with Gasteiger partial charge in [0.15, 0.2) is 6.29 Å². The lowest BCUT2D eigenvalue weighted by atomic mass is 9.82. The molecule has 0 aliphatic carbocycles. The Morgan fingerprint density at radius 3 is 2.00 bits per heavy atom. The van der Waals surface area contributed by atoms with Gasteiger partial charge >= 0.3 is 0 Å². The van der Waals surface area contributed by atoms with Gasteiger partial charge in [0.1, 0.15) is 5.75 Å². The van der Waals surface area contributed by atoms with Crippen molar-refractivity contribution in [2.45, 2.75) is 72.2 Å². The van der Waals surface area contributed by atoms with E-state index in [1.807, 2.05) is 39.8 Å². The van der Waals surface area contributed by atoms with Crippen LogP contribution in [0.1, 0.15) is 61.9 Å². The van der Waals surface area contributed by atoms with Crippen molar-refractivity contribution >= 4 is 0 Å². The van der Waals surface area contributed by atoms with Crippen molar-refractivity contribution in [3.05, 3.63) is 29.8 Å². The van der Waals surface area contributed by atoms with E-state index in [1.165, 1.54) is 5.56 Å². The normalized spacial score (nSPS) is 14.3. The third kappa shape index (κ3) is 5.23. The zero-order valence-electron chi connectivity index (χ0n) is 13.4. The fourth-order valence-electron chi connectivity index (χ4n) is 1.90. The minimum atomic E-state index is -0.245. The van der Waals surface area contributed by atoms with Gasteiger partial charge in [0.2, 0.25) is 0 Å². The highest BCUT2D eigenvalue weighted by Crippen LogP contribution is 2.28. The number of hydrogen-bond acceptors (Lipinski definition) is 2. The summed E-state index contributed by atoms with van der Waals surface area (Å²) in [5.74, 6) is 0.854. The van der Waals surface area contributed by atoms with E-state index in [2.05, 4.69) is 32.9 Å². The molecule has 0 aliphatic heterocycles. The van der Waals surface area contributed by atoms with E-state index in [9.17, 15) is 0 Å². The van der Waals surface area contributed by atoms with Gasteiger partial charge in [0.25, 0.3) is 0 Å². The van der Waals surface area contributed by atoms with E-state index in [-0.39, 0.29) is 18.7 Å². The highest BCUT2D eigenvalue weighted by Gasteiger charge is 2.19. The summed E-state index contributed by atoms with van der Waals surface area (Å²) < 4.78 is 11.5. The van der Waals surface area contributed by atoms with E-state index in [0.717, 1.165) is 12.2 Å². The van der Waals surface area contributed by atoms with Crippen molar-refractivity contribution in [3.8, 4) is 5.75 Å². The molecule has 1 aromatic rings. The first kappa shape index (κ1) is 16.0. The van der Waals surface area contributed by atoms with Crippen molar-refractivity contribution in [2.24, 2.45) is 0 Å². The van der Waals surface area contributed by atoms with Crippen molar-refractivity contribution < 1.29 is 10.9 Å². The van der Waals surface area contributed by atoms with E-state index >= 15 is 0 Å². The quantitative estimate of drug-likeness (QED) is 0.685. The molecule has 0 amide bonds. The fourth-order valence-corrected chi connectivity index (χ4v) is 1.90. The number of rotatable bonds is 5. The third-order valence-corrected chi connectivity index (χ3v) is 3.34. The first-order valence-electron chi connectivity index (χ1n) is 7.09. The Labute approximate surface area is 119 Å². The molecule has 0 fully saturated rings. The number of hydrogen-bond donors (Lipinski definition) is 0. The van der Waals surface area contributed by atoms with Crippen LogP contribution >= 0.6 is 0 Å². The molecule has 0 aliphatic rings. The summed E-state index contributed by atoms with van der Waals surface area (Å²) >= 11 is 0. The van der Waals surface area contributed by atoms with Gasteiger partial charge in [0, 0.05) is 1.43 Å². The van der Waals surface area contributed by atoms with Gasteiger partial charge in [-0.3, -0.25) is 0 Å². The Kier molecular flexibility index (Phi) is 5.03. The fraction of sp³-hybridized carbons (Fsp3) is 0.647. The summed E-state index contributed by atoms with van der Waals surface area (Å²) in [6.07, 6.45) is 0.876. The van der Waals surface area contributed by atoms with E-state index < -0.39 is 0 Å². The molecule has 1 atom stereocenters. The van der Waals surface area contributed by atoms with Crippen LogP contribution < -0.4 is 4.74 Å². The highest BCUT2D eigenvalue weighted by molar-refractivity contribution is 5.31. The molecule has 1 rings (SSSR count). The van der Waals surface area contributed by atoms with E-state index in [4.69, 9.17) is 9.47 Å². The maximum atomic E-state index is 5.77. The van der Waals surface area contributed by atoms with Gasteiger partial charge in [-0.25, -0.2) is 0 Å². The SMILES string of the molecule is CCC(C)(C)c1ccc(OC(C)OC(C)(C)C)cc1.[HH]. The molecule has 110 valence electrons. The van der Waals surface area contributed by atoms with Crippen LogP contribution in [-0.4, -0.2) is 11.9 Å². The zero-order valence-corrected chi connectivity index (χ0v) is 13.4. The van der Waals surface area contributed by atoms with Crippen LogP contribution in [0.5, 0.6) is 5.75 Å². The first-order valence-corrected chi connectivity index (χ1v) is 7.09. The molecule has 19 heavy (non-hydrogen) atoms. The van der Waals surface area contributed by atoms with Crippen LogP contribution in [0, 0.1) is 0 Å². The van der Waals surface area contributed by atoms with Gasteiger partial charge in [-0.1, -0.05) is 32.9 Å². The Morgan fingerprint density at radius 2 is 1.58 bits per heavy atom. The summed E-state index contributed by atoms with van der Waals surface area (Å²) in [6.45, 7) is 14.7. The largest absolute Gasteiger partial charge is 0.465 e. The smallest absolute Gasteiger partial charge is 0.197 e. The van der Waals surface area contributed by atoms with Crippen LogP contribution in [0.25, 0.3) is 0 Å². The Hall–Kier alpha value is -1.02. The summed E-state index contributed by atoms with van der Waals surface area (Å²) in [5.41, 5.74) is 1.36. The molecule has 1 unspecified atom stereocenters. The summed E-state index contributed by atoms with van der Waals surface area (Å²) in [4.78, 5) is 0. The predicted molar refractivity (Wildman–Crippen MR) is 82.8 cm³/mol. The minimum Gasteiger partial charge on any atom is -0.465 e. The molecular formula is C17H30O2. The van der Waals surface area contributed by atoms with Crippen LogP contribution in [0.2, 0.25) is 0 Å². The van der Waals surface area contributed by atoms with Gasteiger partial charge in [0.05, 0.1) is 5.60 Å². The van der Waals surface area contributed by atoms with Gasteiger partial charge in [-0.05, 0) is 57.2 Å². The zero-order chi connectivity index (χ0) is 14.7. The molecule has 0 saturated carbocycles. The molecule has 1 aromatic carbocycles. The summed E-state index contributed by atoms with van der Waals surface area (Å²) in [7, 11) is 0. The molecule has 0 spiro atoms. The average molecular weight is 266 g/mol. The maximum Gasteiger partial charge on any atom is 0.197 e. The van der Waals surface area contributed by atoms with E-state index in [1.54, 1.807) is 0 Å². The Balaban J connectivity index is 0.00000361. The number of benzene rings is 1. The molecule has 2 heteroatoms. The second kappa shape index (κ2) is 5.96. The van der Waals surface area contributed by atoms with Crippen LogP contribution in [0.3, 0.4) is 0 Å². The number of ether oxygens (including phenoxy) is 2. The van der Waals surface area contributed by atoms with Crippen LogP contribution in [0.4, 0.5) is 0 Å². The topological polar surface area (TPSA) is 18.5 Å². The summed E-state index contributed by atoms with van der Waals surface area (Å²) in [6, 6.07) is 8.33. The molecule has 0 radical (unpaired) electrons. The van der Waals surface area contributed by atoms with Crippen molar-refractivity contribution in [1.29, 1.82) is 0 Å². The molecule has 0 saturated heterocycles. The monoisotopic (exact) mass is 266 g/mol. The molecular weight excluding hydrogens is 236 g/mol. The van der Waals surface area contributed by atoms with Gasteiger partial charge in [-0.15, -0.1) is 0 Å². The average Bonchev–Trinajstić information content (AvgIpc) is 2.27. The maximum absolute atomic E-state index is 5.77. The lowest BCUT2D eigenvalue weighted by Gasteiger charge is -2.26. The van der Waals surface area contributed by atoms with Gasteiger partial charge < -0.3 is 9.47 Å². The third-order valence-electron chi connectivity index (χ3n) is 3.34. The highest BCUT2D eigenvalue weighted by atomic mass is 16.7. The first-order chi connectivity index (χ1) is 8.64. The van der Waals surface area contributed by atoms with Crippen molar-refractivity contribution in [3.63, 3.8) is 0 Å². The molecule has 0 heterocycles.